The Hall–Kier alpha value is -0.240. The summed E-state index contributed by atoms with van der Waals surface area (Å²) in [7, 11) is 0. The van der Waals surface area contributed by atoms with Crippen molar-refractivity contribution in [3.05, 3.63) is 0 Å². The summed E-state index contributed by atoms with van der Waals surface area (Å²) in [5.41, 5.74) is -0.396. The van der Waals surface area contributed by atoms with E-state index in [9.17, 15) is 0 Å². The number of nitriles is 1. The van der Waals surface area contributed by atoms with E-state index in [1.807, 2.05) is 20.1 Å². The molecule has 0 radical (unpaired) electrons. The van der Waals surface area contributed by atoms with Gasteiger partial charge in [0.05, 0.1) is 24.0 Å². The van der Waals surface area contributed by atoms with Crippen LogP contribution in [0.15, 0.2) is 0 Å². The predicted octanol–water partition coefficient (Wildman–Crippen LogP) is 1.99. The Morgan fingerprint density at radius 2 is 2.17 bits per heavy atom. The molecule has 0 aliphatic heterocycles. The van der Waals surface area contributed by atoms with Crippen molar-refractivity contribution in [3.8, 4) is 6.07 Å². The van der Waals surface area contributed by atoms with Gasteiger partial charge in [-0.25, -0.2) is 0 Å². The van der Waals surface area contributed by atoms with E-state index in [1.54, 1.807) is 11.8 Å². The first kappa shape index (κ1) is 11.8. The van der Waals surface area contributed by atoms with Gasteiger partial charge in [0.1, 0.15) is 6.79 Å². The molecular weight excluding hydrogens is 174 g/mol. The van der Waals surface area contributed by atoms with E-state index in [-0.39, 0.29) is 6.79 Å². The van der Waals surface area contributed by atoms with Gasteiger partial charge in [0.2, 0.25) is 0 Å². The first-order valence-electron chi connectivity index (χ1n) is 3.70. The minimum absolute atomic E-state index is 0.259. The van der Waals surface area contributed by atoms with Crippen LogP contribution in [0.1, 0.15) is 20.3 Å². The van der Waals surface area contributed by atoms with Gasteiger partial charge in [-0.2, -0.15) is 5.26 Å². The lowest BCUT2D eigenvalue weighted by Gasteiger charge is -2.21. The minimum atomic E-state index is -0.396. The zero-order valence-corrected chi connectivity index (χ0v) is 8.61. The van der Waals surface area contributed by atoms with E-state index in [0.717, 1.165) is 0 Å². The summed E-state index contributed by atoms with van der Waals surface area (Å²) in [5, 5.41) is 8.43. The number of thioether (sulfide) groups is 1. The molecule has 0 saturated carbocycles. The van der Waals surface area contributed by atoms with Crippen LogP contribution in [-0.2, 0) is 9.47 Å². The van der Waals surface area contributed by atoms with Crippen molar-refractivity contribution in [1.29, 1.82) is 5.26 Å². The molecule has 4 heteroatoms. The maximum absolute atomic E-state index is 8.43. The summed E-state index contributed by atoms with van der Waals surface area (Å²) >= 11 is 1.60. The van der Waals surface area contributed by atoms with Crippen LogP contribution >= 0.6 is 11.8 Å². The summed E-state index contributed by atoms with van der Waals surface area (Å²) in [5.74, 6) is 0.628. The van der Waals surface area contributed by atoms with E-state index in [2.05, 4.69) is 6.07 Å². The summed E-state index contributed by atoms with van der Waals surface area (Å²) in [6.07, 6.45) is 2.34. The first-order valence-corrected chi connectivity index (χ1v) is 5.09. The number of rotatable bonds is 6. The second kappa shape index (κ2) is 6.30. The molecule has 0 aromatic carbocycles. The van der Waals surface area contributed by atoms with E-state index in [4.69, 9.17) is 14.7 Å². The molecule has 70 valence electrons. The van der Waals surface area contributed by atoms with Crippen molar-refractivity contribution < 1.29 is 9.47 Å². The SMILES string of the molecule is CSCOCOC(C)(C)CC#N. The quantitative estimate of drug-likeness (QED) is 0.473. The van der Waals surface area contributed by atoms with Crippen molar-refractivity contribution >= 4 is 11.8 Å². The molecular formula is C8H15NO2S. The molecule has 0 aliphatic carbocycles. The molecule has 0 spiro atoms. The van der Waals surface area contributed by atoms with Crippen LogP contribution in [0.2, 0.25) is 0 Å². The Balaban J connectivity index is 3.42. The molecule has 0 aromatic rings. The predicted molar refractivity (Wildman–Crippen MR) is 49.7 cm³/mol. The largest absolute Gasteiger partial charge is 0.348 e. The van der Waals surface area contributed by atoms with E-state index in [1.165, 1.54) is 0 Å². The van der Waals surface area contributed by atoms with Crippen LogP contribution in [0.4, 0.5) is 0 Å². The fourth-order valence-electron chi connectivity index (χ4n) is 0.560. The zero-order valence-electron chi connectivity index (χ0n) is 7.79. The lowest BCUT2D eigenvalue weighted by atomic mass is 10.1. The summed E-state index contributed by atoms with van der Waals surface area (Å²) in [4.78, 5) is 0. The standard InChI is InChI=1S/C8H15NO2S/c1-8(2,4-5-9)11-6-10-7-12-3/h4,6-7H2,1-3H3. The highest BCUT2D eigenvalue weighted by atomic mass is 32.2. The fraction of sp³-hybridized carbons (Fsp3) is 0.875. The van der Waals surface area contributed by atoms with Crippen LogP contribution in [0.5, 0.6) is 0 Å². The molecule has 0 amide bonds. The van der Waals surface area contributed by atoms with Gasteiger partial charge in [0.15, 0.2) is 0 Å². The van der Waals surface area contributed by atoms with Crippen molar-refractivity contribution in [2.75, 3.05) is 19.0 Å². The van der Waals surface area contributed by atoms with E-state index in [0.29, 0.717) is 12.4 Å². The number of hydrogen-bond acceptors (Lipinski definition) is 4. The molecule has 0 rings (SSSR count). The summed E-state index contributed by atoms with van der Waals surface area (Å²) in [6, 6.07) is 2.06. The number of ether oxygens (including phenoxy) is 2. The van der Waals surface area contributed by atoms with Crippen LogP contribution in [-0.4, -0.2) is 24.6 Å². The van der Waals surface area contributed by atoms with Crippen LogP contribution in [0.25, 0.3) is 0 Å². The average Bonchev–Trinajstić information content (AvgIpc) is 1.98. The van der Waals surface area contributed by atoms with Gasteiger partial charge in [-0.05, 0) is 20.1 Å². The first-order chi connectivity index (χ1) is 5.62. The molecule has 0 atom stereocenters. The maximum atomic E-state index is 8.43. The second-order valence-corrected chi connectivity index (χ2v) is 3.78. The molecule has 0 unspecified atom stereocenters. The van der Waals surface area contributed by atoms with Crippen molar-refractivity contribution in [1.82, 2.24) is 0 Å². The highest BCUT2D eigenvalue weighted by Crippen LogP contribution is 2.13. The lowest BCUT2D eigenvalue weighted by molar-refractivity contribution is -0.115. The Bertz CT molecular complexity index is 154. The highest BCUT2D eigenvalue weighted by molar-refractivity contribution is 7.98. The monoisotopic (exact) mass is 189 g/mol. The second-order valence-electron chi connectivity index (χ2n) is 2.97. The van der Waals surface area contributed by atoms with Gasteiger partial charge >= 0.3 is 0 Å². The average molecular weight is 189 g/mol. The Kier molecular flexibility index (Phi) is 6.17. The Labute approximate surface area is 78.0 Å². The van der Waals surface area contributed by atoms with Crippen LogP contribution in [0, 0.1) is 11.3 Å². The molecule has 0 aliphatic rings. The third-order valence-electron chi connectivity index (χ3n) is 1.24. The van der Waals surface area contributed by atoms with Crippen LogP contribution in [0.3, 0.4) is 0 Å². The van der Waals surface area contributed by atoms with Crippen molar-refractivity contribution in [3.63, 3.8) is 0 Å². The van der Waals surface area contributed by atoms with E-state index >= 15 is 0 Å². The maximum Gasteiger partial charge on any atom is 0.148 e. The third kappa shape index (κ3) is 6.47. The molecule has 0 bridgehead atoms. The van der Waals surface area contributed by atoms with Gasteiger partial charge in [-0.15, -0.1) is 11.8 Å². The smallest absolute Gasteiger partial charge is 0.148 e. The van der Waals surface area contributed by atoms with Crippen molar-refractivity contribution in [2.45, 2.75) is 25.9 Å². The van der Waals surface area contributed by atoms with Gasteiger partial charge in [0.25, 0.3) is 0 Å². The molecule has 0 aromatic heterocycles. The van der Waals surface area contributed by atoms with Crippen molar-refractivity contribution in [2.24, 2.45) is 0 Å². The third-order valence-corrected chi connectivity index (χ3v) is 1.64. The van der Waals surface area contributed by atoms with Gasteiger partial charge in [-0.3, -0.25) is 0 Å². The minimum Gasteiger partial charge on any atom is -0.348 e. The highest BCUT2D eigenvalue weighted by Gasteiger charge is 2.17. The topological polar surface area (TPSA) is 42.2 Å². The van der Waals surface area contributed by atoms with Crippen LogP contribution < -0.4 is 0 Å². The molecule has 0 saturated heterocycles. The molecule has 0 heterocycles. The fourth-order valence-corrected chi connectivity index (χ4v) is 0.795. The summed E-state index contributed by atoms with van der Waals surface area (Å²) in [6.45, 7) is 4.01. The molecule has 0 fully saturated rings. The van der Waals surface area contributed by atoms with Gasteiger partial charge in [0, 0.05) is 0 Å². The molecule has 0 N–H and O–H groups in total. The van der Waals surface area contributed by atoms with Gasteiger partial charge in [-0.1, -0.05) is 0 Å². The zero-order chi connectivity index (χ0) is 9.45. The molecule has 12 heavy (non-hydrogen) atoms. The summed E-state index contributed by atoms with van der Waals surface area (Å²) < 4.78 is 10.4. The number of nitrogens with zero attached hydrogens (tertiary/aromatic N) is 1. The normalized spacial score (nSPS) is 11.2. The molecule has 3 nitrogen and oxygen atoms in total. The lowest BCUT2D eigenvalue weighted by Crippen LogP contribution is -2.25. The Morgan fingerprint density at radius 1 is 1.50 bits per heavy atom. The van der Waals surface area contributed by atoms with E-state index < -0.39 is 5.60 Å². The number of hydrogen-bond donors (Lipinski definition) is 0. The Morgan fingerprint density at radius 3 is 2.67 bits per heavy atom. The van der Waals surface area contributed by atoms with Gasteiger partial charge < -0.3 is 9.47 Å².